The molecule has 1 atom stereocenters. The van der Waals surface area contributed by atoms with Crippen molar-refractivity contribution >= 4 is 12.1 Å². The number of likely N-dealkylation sites (N-methyl/N-ethyl adjacent to an activating group) is 1. The summed E-state index contributed by atoms with van der Waals surface area (Å²) < 4.78 is 5.34. The van der Waals surface area contributed by atoms with E-state index in [0.29, 0.717) is 6.54 Å². The highest BCUT2D eigenvalue weighted by Crippen LogP contribution is 2.30. The average Bonchev–Trinajstić information content (AvgIpc) is 2.33. The predicted molar refractivity (Wildman–Crippen MR) is 76.6 cm³/mol. The van der Waals surface area contributed by atoms with Crippen molar-refractivity contribution in [1.29, 1.82) is 0 Å². The van der Waals surface area contributed by atoms with Crippen molar-refractivity contribution < 1.29 is 19.4 Å². The molecular weight excluding hydrogens is 258 g/mol. The van der Waals surface area contributed by atoms with Crippen molar-refractivity contribution in [2.75, 3.05) is 6.54 Å². The highest BCUT2D eigenvalue weighted by Gasteiger charge is 2.38. The standard InChI is InChI=1S/C15H27NO4/c1-5-16(14(19)20-15(2,3)4)12(13(17)18)11-9-7-6-8-10-11/h11-12H,5-10H2,1-4H3,(H,17,18). The number of hydrogen-bond donors (Lipinski definition) is 1. The van der Waals surface area contributed by atoms with E-state index in [-0.39, 0.29) is 5.92 Å². The molecule has 0 saturated heterocycles. The molecule has 1 rings (SSSR count). The maximum atomic E-state index is 12.2. The summed E-state index contributed by atoms with van der Waals surface area (Å²) in [5, 5.41) is 9.52. The van der Waals surface area contributed by atoms with E-state index in [9.17, 15) is 14.7 Å². The van der Waals surface area contributed by atoms with E-state index in [1.165, 1.54) is 4.90 Å². The summed E-state index contributed by atoms with van der Waals surface area (Å²) in [5.41, 5.74) is -0.611. The molecule has 0 aromatic carbocycles. The van der Waals surface area contributed by atoms with Crippen LogP contribution in [0.4, 0.5) is 4.79 Å². The zero-order valence-electron chi connectivity index (χ0n) is 13.0. The predicted octanol–water partition coefficient (Wildman–Crippen LogP) is 3.28. The third kappa shape index (κ3) is 4.69. The third-order valence-corrected chi connectivity index (χ3v) is 3.65. The van der Waals surface area contributed by atoms with Gasteiger partial charge in [-0.05, 0) is 46.5 Å². The topological polar surface area (TPSA) is 66.8 Å². The van der Waals surface area contributed by atoms with Gasteiger partial charge in [-0.3, -0.25) is 4.90 Å². The van der Waals surface area contributed by atoms with Crippen molar-refractivity contribution in [2.45, 2.75) is 71.4 Å². The highest BCUT2D eigenvalue weighted by molar-refractivity contribution is 5.80. The van der Waals surface area contributed by atoms with Gasteiger partial charge in [0.1, 0.15) is 11.6 Å². The van der Waals surface area contributed by atoms with Crippen LogP contribution in [0.25, 0.3) is 0 Å². The Labute approximate surface area is 121 Å². The summed E-state index contributed by atoms with van der Waals surface area (Å²) >= 11 is 0. The Bertz CT molecular complexity index is 342. The number of aliphatic carboxylic acids is 1. The molecule has 0 aromatic heterocycles. The van der Waals surface area contributed by atoms with Gasteiger partial charge >= 0.3 is 12.1 Å². The smallest absolute Gasteiger partial charge is 0.411 e. The van der Waals surface area contributed by atoms with Crippen LogP contribution in [-0.4, -0.2) is 40.3 Å². The van der Waals surface area contributed by atoms with Gasteiger partial charge in [0.15, 0.2) is 0 Å². The van der Waals surface area contributed by atoms with Gasteiger partial charge in [0.05, 0.1) is 0 Å². The molecule has 5 heteroatoms. The van der Waals surface area contributed by atoms with Crippen LogP contribution in [0.15, 0.2) is 0 Å². The molecule has 0 radical (unpaired) electrons. The molecule has 0 spiro atoms. The number of carboxylic acids is 1. The summed E-state index contributed by atoms with van der Waals surface area (Å²) in [6.45, 7) is 7.50. The number of hydrogen-bond acceptors (Lipinski definition) is 3. The highest BCUT2D eigenvalue weighted by atomic mass is 16.6. The molecule has 1 N–H and O–H groups in total. The van der Waals surface area contributed by atoms with E-state index in [1.807, 2.05) is 0 Å². The molecule has 1 amide bonds. The zero-order valence-corrected chi connectivity index (χ0v) is 13.0. The van der Waals surface area contributed by atoms with Crippen molar-refractivity contribution in [3.63, 3.8) is 0 Å². The van der Waals surface area contributed by atoms with Crippen LogP contribution in [0, 0.1) is 5.92 Å². The van der Waals surface area contributed by atoms with Gasteiger partial charge < -0.3 is 9.84 Å². The average molecular weight is 285 g/mol. The molecule has 1 saturated carbocycles. The Morgan fingerprint density at radius 2 is 1.80 bits per heavy atom. The molecule has 5 nitrogen and oxygen atoms in total. The van der Waals surface area contributed by atoms with Gasteiger partial charge in [0.2, 0.25) is 0 Å². The van der Waals surface area contributed by atoms with Crippen LogP contribution in [0.3, 0.4) is 0 Å². The number of nitrogens with zero attached hydrogens (tertiary/aromatic N) is 1. The summed E-state index contributed by atoms with van der Waals surface area (Å²) in [6, 6.07) is -0.768. The van der Waals surface area contributed by atoms with Gasteiger partial charge in [-0.1, -0.05) is 19.3 Å². The van der Waals surface area contributed by atoms with Crippen molar-refractivity contribution in [3.8, 4) is 0 Å². The summed E-state index contributed by atoms with van der Waals surface area (Å²) in [5.74, 6) is -0.890. The second kappa shape index (κ2) is 6.95. The minimum absolute atomic E-state index is 0.0359. The van der Waals surface area contributed by atoms with Gasteiger partial charge in [-0.15, -0.1) is 0 Å². The third-order valence-electron chi connectivity index (χ3n) is 3.65. The lowest BCUT2D eigenvalue weighted by molar-refractivity contribution is -0.145. The Kier molecular flexibility index (Phi) is 5.84. The number of amides is 1. The quantitative estimate of drug-likeness (QED) is 0.860. The van der Waals surface area contributed by atoms with Crippen LogP contribution in [-0.2, 0) is 9.53 Å². The maximum Gasteiger partial charge on any atom is 0.411 e. The van der Waals surface area contributed by atoms with Crippen LogP contribution in [0.5, 0.6) is 0 Å². The van der Waals surface area contributed by atoms with E-state index in [2.05, 4.69) is 0 Å². The minimum Gasteiger partial charge on any atom is -0.480 e. The molecule has 1 unspecified atom stereocenters. The van der Waals surface area contributed by atoms with Crippen LogP contribution >= 0.6 is 0 Å². The van der Waals surface area contributed by atoms with Gasteiger partial charge in [-0.25, -0.2) is 9.59 Å². The molecule has 0 aliphatic heterocycles. The van der Waals surface area contributed by atoms with Gasteiger partial charge in [-0.2, -0.15) is 0 Å². The number of rotatable bonds is 4. The number of carbonyl (C=O) groups excluding carboxylic acids is 1. The molecule has 0 bridgehead atoms. The summed E-state index contributed by atoms with van der Waals surface area (Å²) in [6.07, 6.45) is 4.45. The number of carbonyl (C=O) groups is 2. The lowest BCUT2D eigenvalue weighted by Gasteiger charge is -2.36. The van der Waals surface area contributed by atoms with E-state index in [0.717, 1.165) is 32.1 Å². The molecule has 0 heterocycles. The number of ether oxygens (including phenoxy) is 1. The maximum absolute atomic E-state index is 12.2. The molecule has 20 heavy (non-hydrogen) atoms. The van der Waals surface area contributed by atoms with Crippen LogP contribution < -0.4 is 0 Å². The molecular formula is C15H27NO4. The zero-order chi connectivity index (χ0) is 15.3. The lowest BCUT2D eigenvalue weighted by atomic mass is 9.83. The molecule has 1 fully saturated rings. The van der Waals surface area contributed by atoms with E-state index >= 15 is 0 Å². The number of carboxylic acid groups (broad SMARTS) is 1. The Balaban J connectivity index is 2.85. The largest absolute Gasteiger partial charge is 0.480 e. The van der Waals surface area contributed by atoms with Crippen molar-refractivity contribution in [3.05, 3.63) is 0 Å². The van der Waals surface area contributed by atoms with Gasteiger partial charge in [0.25, 0.3) is 0 Å². The fourth-order valence-corrected chi connectivity index (χ4v) is 2.80. The second-order valence-corrected chi connectivity index (χ2v) is 6.45. The Hall–Kier alpha value is -1.26. The fraction of sp³-hybridized carbons (Fsp3) is 0.867. The van der Waals surface area contributed by atoms with E-state index < -0.39 is 23.7 Å². The Morgan fingerprint density at radius 3 is 2.20 bits per heavy atom. The van der Waals surface area contributed by atoms with Crippen LogP contribution in [0.2, 0.25) is 0 Å². The first-order chi connectivity index (χ1) is 9.26. The summed E-state index contributed by atoms with van der Waals surface area (Å²) in [4.78, 5) is 25.2. The first kappa shape index (κ1) is 16.8. The molecule has 0 aromatic rings. The monoisotopic (exact) mass is 285 g/mol. The molecule has 1 aliphatic carbocycles. The lowest BCUT2D eigenvalue weighted by Crippen LogP contribution is -2.51. The Morgan fingerprint density at radius 1 is 1.25 bits per heavy atom. The summed E-state index contributed by atoms with van der Waals surface area (Å²) in [7, 11) is 0. The van der Waals surface area contributed by atoms with E-state index in [1.54, 1.807) is 27.7 Å². The van der Waals surface area contributed by atoms with Gasteiger partial charge in [0, 0.05) is 6.54 Å². The molecule has 1 aliphatic rings. The van der Waals surface area contributed by atoms with Crippen molar-refractivity contribution in [1.82, 2.24) is 4.90 Å². The minimum atomic E-state index is -0.926. The molecule has 116 valence electrons. The SMILES string of the molecule is CCN(C(=O)OC(C)(C)C)C(C(=O)O)C1CCCCC1. The first-order valence-electron chi connectivity index (χ1n) is 7.48. The van der Waals surface area contributed by atoms with Crippen molar-refractivity contribution in [2.24, 2.45) is 5.92 Å². The fourth-order valence-electron chi connectivity index (χ4n) is 2.80. The second-order valence-electron chi connectivity index (χ2n) is 6.45. The van der Waals surface area contributed by atoms with Crippen LogP contribution in [0.1, 0.15) is 59.8 Å². The van der Waals surface area contributed by atoms with E-state index in [4.69, 9.17) is 4.74 Å². The first-order valence-corrected chi connectivity index (χ1v) is 7.48. The normalized spacial score (nSPS) is 18.4.